The average Bonchev–Trinajstić information content (AvgIpc) is 2.64. The summed E-state index contributed by atoms with van der Waals surface area (Å²) in [4.78, 5) is 29.6. The summed E-state index contributed by atoms with van der Waals surface area (Å²) < 4.78 is 5.63. The molecule has 1 fully saturated rings. The largest absolute Gasteiger partial charge is 0.439 e. The Hall–Kier alpha value is -3.09. The van der Waals surface area contributed by atoms with E-state index in [0.717, 1.165) is 5.56 Å². The van der Waals surface area contributed by atoms with Gasteiger partial charge in [0.05, 0.1) is 0 Å². The van der Waals surface area contributed by atoms with Crippen LogP contribution in [0.25, 0.3) is 0 Å². The van der Waals surface area contributed by atoms with Crippen molar-refractivity contribution in [3.63, 3.8) is 0 Å². The normalized spacial score (nSPS) is 16.9. The van der Waals surface area contributed by atoms with Crippen molar-refractivity contribution < 1.29 is 14.3 Å². The van der Waals surface area contributed by atoms with E-state index in [9.17, 15) is 9.59 Å². The Kier molecular flexibility index (Phi) is 5.13. The Balaban J connectivity index is 1.53. The molecule has 7 heteroatoms. The molecule has 25 heavy (non-hydrogen) atoms. The number of nitrogens with zero attached hydrogens (tertiary/aromatic N) is 2. The summed E-state index contributed by atoms with van der Waals surface area (Å²) in [7, 11) is 0. The lowest BCUT2D eigenvalue weighted by molar-refractivity contribution is -0.126. The molecular formula is C18H20N4O3. The first-order chi connectivity index (χ1) is 12.1. The second-order valence-corrected chi connectivity index (χ2v) is 5.74. The number of hydrogen-bond acceptors (Lipinski definition) is 4. The summed E-state index contributed by atoms with van der Waals surface area (Å²) in [5.41, 5.74) is 0.850. The summed E-state index contributed by atoms with van der Waals surface area (Å²) in [6.45, 7) is 3.03. The standard InChI is InChI=1S/C18H20N4O3/c1-13-17(23)19-9-10-22(13)18(24)21-12-14-7-8-16(20-11-14)25-15-5-3-2-4-6-15/h2-8,11,13H,9-10,12H2,1H3,(H,19,23)(H,21,24)/t13-/m1/s1. The second-order valence-electron chi connectivity index (χ2n) is 5.74. The molecule has 0 saturated carbocycles. The van der Waals surface area contributed by atoms with Crippen molar-refractivity contribution in [3.05, 3.63) is 54.2 Å². The number of nitrogens with one attached hydrogen (secondary N) is 2. The molecule has 3 amide bonds. The number of hydrogen-bond donors (Lipinski definition) is 2. The number of carbonyl (C=O) groups is 2. The Morgan fingerprint density at radius 2 is 2.12 bits per heavy atom. The van der Waals surface area contributed by atoms with E-state index in [-0.39, 0.29) is 11.9 Å². The average molecular weight is 340 g/mol. The molecule has 0 bridgehead atoms. The van der Waals surface area contributed by atoms with Crippen LogP contribution in [0, 0.1) is 0 Å². The molecule has 130 valence electrons. The van der Waals surface area contributed by atoms with Gasteiger partial charge in [0.1, 0.15) is 11.8 Å². The molecule has 1 aromatic carbocycles. The van der Waals surface area contributed by atoms with Crippen LogP contribution in [0.5, 0.6) is 11.6 Å². The van der Waals surface area contributed by atoms with Gasteiger partial charge in [-0.3, -0.25) is 4.79 Å². The van der Waals surface area contributed by atoms with Crippen molar-refractivity contribution in [2.45, 2.75) is 19.5 Å². The zero-order valence-electron chi connectivity index (χ0n) is 13.9. The van der Waals surface area contributed by atoms with Gasteiger partial charge in [-0.05, 0) is 24.6 Å². The van der Waals surface area contributed by atoms with Crippen LogP contribution in [0.15, 0.2) is 48.7 Å². The number of ether oxygens (including phenoxy) is 1. The Morgan fingerprint density at radius 3 is 2.84 bits per heavy atom. The molecule has 2 heterocycles. The molecule has 0 unspecified atom stereocenters. The lowest BCUT2D eigenvalue weighted by Gasteiger charge is -2.32. The SMILES string of the molecule is C[C@@H]1C(=O)NCCN1C(=O)NCc1ccc(Oc2ccccc2)nc1. The number of benzene rings is 1. The van der Waals surface area contributed by atoms with Crippen LogP contribution in [0.3, 0.4) is 0 Å². The van der Waals surface area contributed by atoms with Crippen molar-refractivity contribution in [1.82, 2.24) is 20.5 Å². The van der Waals surface area contributed by atoms with Crippen LogP contribution < -0.4 is 15.4 Å². The van der Waals surface area contributed by atoms with E-state index in [1.807, 2.05) is 36.4 Å². The fourth-order valence-electron chi connectivity index (χ4n) is 2.52. The Bertz CT molecular complexity index is 734. The molecule has 2 aromatic rings. The Morgan fingerprint density at radius 1 is 1.32 bits per heavy atom. The van der Waals surface area contributed by atoms with Crippen molar-refractivity contribution in [2.24, 2.45) is 0 Å². The molecule has 0 aliphatic carbocycles. The number of amides is 3. The highest BCUT2D eigenvalue weighted by molar-refractivity contribution is 5.87. The molecule has 1 aliphatic heterocycles. The van der Waals surface area contributed by atoms with Gasteiger partial charge in [0, 0.05) is 31.9 Å². The summed E-state index contributed by atoms with van der Waals surface area (Å²) in [6.07, 6.45) is 1.66. The number of rotatable bonds is 4. The molecule has 0 spiro atoms. The molecular weight excluding hydrogens is 320 g/mol. The molecule has 1 saturated heterocycles. The van der Waals surface area contributed by atoms with E-state index < -0.39 is 6.04 Å². The van der Waals surface area contributed by atoms with Gasteiger partial charge in [-0.25, -0.2) is 9.78 Å². The molecule has 7 nitrogen and oxygen atoms in total. The number of pyridine rings is 1. The van der Waals surface area contributed by atoms with Crippen molar-refractivity contribution in [3.8, 4) is 11.6 Å². The number of para-hydroxylation sites is 1. The van der Waals surface area contributed by atoms with Gasteiger partial charge in [0.15, 0.2) is 0 Å². The van der Waals surface area contributed by atoms with Gasteiger partial charge in [-0.15, -0.1) is 0 Å². The predicted molar refractivity (Wildman–Crippen MR) is 92.2 cm³/mol. The topological polar surface area (TPSA) is 83.6 Å². The first-order valence-corrected chi connectivity index (χ1v) is 8.13. The van der Waals surface area contributed by atoms with Crippen LogP contribution in [-0.2, 0) is 11.3 Å². The molecule has 3 rings (SSSR count). The highest BCUT2D eigenvalue weighted by atomic mass is 16.5. The molecule has 2 N–H and O–H groups in total. The zero-order valence-corrected chi connectivity index (χ0v) is 13.9. The van der Waals surface area contributed by atoms with Gasteiger partial charge >= 0.3 is 6.03 Å². The molecule has 1 atom stereocenters. The minimum atomic E-state index is -0.464. The van der Waals surface area contributed by atoms with Crippen molar-refractivity contribution >= 4 is 11.9 Å². The van der Waals surface area contributed by atoms with Crippen LogP contribution in [0.2, 0.25) is 0 Å². The Labute approximate surface area is 146 Å². The highest BCUT2D eigenvalue weighted by Crippen LogP contribution is 2.18. The van der Waals surface area contributed by atoms with E-state index in [0.29, 0.717) is 31.3 Å². The van der Waals surface area contributed by atoms with Crippen LogP contribution in [-0.4, -0.2) is 41.0 Å². The third-order valence-corrected chi connectivity index (χ3v) is 3.97. The highest BCUT2D eigenvalue weighted by Gasteiger charge is 2.28. The van der Waals surface area contributed by atoms with Crippen LogP contribution in [0.4, 0.5) is 4.79 Å². The lowest BCUT2D eigenvalue weighted by Crippen LogP contribution is -2.58. The van der Waals surface area contributed by atoms with Crippen molar-refractivity contribution in [1.29, 1.82) is 0 Å². The molecule has 0 radical (unpaired) electrons. The summed E-state index contributed by atoms with van der Waals surface area (Å²) in [5.74, 6) is 1.07. The third kappa shape index (κ3) is 4.26. The number of carbonyl (C=O) groups excluding carboxylic acids is 2. The van der Waals surface area contributed by atoms with E-state index in [2.05, 4.69) is 15.6 Å². The zero-order chi connectivity index (χ0) is 17.6. The second kappa shape index (κ2) is 7.65. The quantitative estimate of drug-likeness (QED) is 0.890. The fourth-order valence-corrected chi connectivity index (χ4v) is 2.52. The molecule has 1 aliphatic rings. The minimum absolute atomic E-state index is 0.134. The predicted octanol–water partition coefficient (Wildman–Crippen LogP) is 1.90. The summed E-state index contributed by atoms with van der Waals surface area (Å²) >= 11 is 0. The third-order valence-electron chi connectivity index (χ3n) is 3.97. The summed E-state index contributed by atoms with van der Waals surface area (Å²) in [5, 5.41) is 5.55. The number of piperazine rings is 1. The van der Waals surface area contributed by atoms with Gasteiger partial charge in [0.2, 0.25) is 11.8 Å². The first-order valence-electron chi connectivity index (χ1n) is 8.13. The van der Waals surface area contributed by atoms with E-state index >= 15 is 0 Å². The maximum Gasteiger partial charge on any atom is 0.318 e. The van der Waals surface area contributed by atoms with E-state index in [1.54, 1.807) is 19.2 Å². The number of urea groups is 1. The van der Waals surface area contributed by atoms with Crippen LogP contribution in [0.1, 0.15) is 12.5 Å². The van der Waals surface area contributed by atoms with Gasteiger partial charge in [0.25, 0.3) is 0 Å². The minimum Gasteiger partial charge on any atom is -0.439 e. The van der Waals surface area contributed by atoms with Crippen LogP contribution >= 0.6 is 0 Å². The fraction of sp³-hybridized carbons (Fsp3) is 0.278. The van der Waals surface area contributed by atoms with Gasteiger partial charge in [-0.2, -0.15) is 0 Å². The smallest absolute Gasteiger partial charge is 0.318 e. The van der Waals surface area contributed by atoms with Gasteiger partial charge < -0.3 is 20.3 Å². The first kappa shape index (κ1) is 16.8. The monoisotopic (exact) mass is 340 g/mol. The van der Waals surface area contributed by atoms with E-state index in [1.165, 1.54) is 4.90 Å². The lowest BCUT2D eigenvalue weighted by atomic mass is 10.2. The molecule has 1 aromatic heterocycles. The summed E-state index contributed by atoms with van der Waals surface area (Å²) in [6, 6.07) is 12.3. The van der Waals surface area contributed by atoms with Crippen molar-refractivity contribution in [2.75, 3.05) is 13.1 Å². The van der Waals surface area contributed by atoms with E-state index in [4.69, 9.17) is 4.74 Å². The van der Waals surface area contributed by atoms with Gasteiger partial charge in [-0.1, -0.05) is 24.3 Å². The number of aromatic nitrogens is 1. The maximum absolute atomic E-state index is 12.2. The maximum atomic E-state index is 12.2.